The molecule has 16 heavy (non-hydrogen) atoms. The number of hydrogen-bond acceptors (Lipinski definition) is 5. The minimum Gasteiger partial charge on any atom is -0.397 e. The molecule has 90 valence electrons. The molecular weight excluding hydrogens is 206 g/mol. The average molecular weight is 225 g/mol. The molecule has 0 aliphatic carbocycles. The zero-order valence-electron chi connectivity index (χ0n) is 9.35. The van der Waals surface area contributed by atoms with Crippen LogP contribution in [-0.2, 0) is 0 Å². The molecule has 7 N–H and O–H groups in total. The smallest absolute Gasteiger partial charge is 0.105 e. The van der Waals surface area contributed by atoms with Crippen molar-refractivity contribution in [3.63, 3.8) is 0 Å². The number of benzene rings is 1. The van der Waals surface area contributed by atoms with E-state index in [1.54, 1.807) is 25.2 Å². The van der Waals surface area contributed by atoms with Crippen molar-refractivity contribution in [2.75, 3.05) is 25.1 Å². The third-order valence-corrected chi connectivity index (χ3v) is 2.51. The normalized spacial score (nSPS) is 14.7. The highest BCUT2D eigenvalue weighted by atomic mass is 16.3. The van der Waals surface area contributed by atoms with Crippen LogP contribution in [0.15, 0.2) is 18.2 Å². The van der Waals surface area contributed by atoms with E-state index in [4.69, 9.17) is 11.5 Å². The quantitative estimate of drug-likeness (QED) is 0.448. The maximum absolute atomic E-state index is 9.86. The van der Waals surface area contributed by atoms with Gasteiger partial charge in [-0.1, -0.05) is 6.07 Å². The lowest BCUT2D eigenvalue weighted by Crippen LogP contribution is -2.23. The van der Waals surface area contributed by atoms with Gasteiger partial charge in [0.1, 0.15) is 6.10 Å². The fourth-order valence-corrected chi connectivity index (χ4v) is 1.45. The maximum Gasteiger partial charge on any atom is 0.105 e. The van der Waals surface area contributed by atoms with Crippen LogP contribution in [0, 0.1) is 0 Å². The number of nitrogens with one attached hydrogen (secondary N) is 1. The van der Waals surface area contributed by atoms with Crippen LogP contribution >= 0.6 is 0 Å². The van der Waals surface area contributed by atoms with Crippen LogP contribution in [-0.4, -0.2) is 29.9 Å². The second kappa shape index (κ2) is 5.69. The second-order valence-corrected chi connectivity index (χ2v) is 3.79. The van der Waals surface area contributed by atoms with E-state index in [2.05, 4.69) is 5.32 Å². The summed E-state index contributed by atoms with van der Waals surface area (Å²) in [4.78, 5) is 0. The molecule has 1 rings (SSSR count). The van der Waals surface area contributed by atoms with E-state index in [0.717, 1.165) is 0 Å². The van der Waals surface area contributed by atoms with Crippen molar-refractivity contribution in [3.05, 3.63) is 23.8 Å². The highest BCUT2D eigenvalue weighted by Gasteiger charge is 2.18. The first-order chi connectivity index (χ1) is 7.56. The van der Waals surface area contributed by atoms with Crippen molar-refractivity contribution in [1.29, 1.82) is 0 Å². The van der Waals surface area contributed by atoms with Gasteiger partial charge in [-0.25, -0.2) is 0 Å². The first-order valence-electron chi connectivity index (χ1n) is 5.22. The molecule has 0 saturated carbocycles. The van der Waals surface area contributed by atoms with E-state index in [1.165, 1.54) is 0 Å². The number of aliphatic hydroxyl groups is 2. The first kappa shape index (κ1) is 12.8. The molecule has 1 aromatic rings. The molecule has 0 aliphatic rings. The van der Waals surface area contributed by atoms with Crippen molar-refractivity contribution in [3.8, 4) is 0 Å². The highest BCUT2D eigenvalue weighted by Crippen LogP contribution is 2.24. The minimum absolute atomic E-state index is 0.414. The molecule has 0 heterocycles. The van der Waals surface area contributed by atoms with Crippen LogP contribution in [0.1, 0.15) is 18.1 Å². The Morgan fingerprint density at radius 1 is 1.25 bits per heavy atom. The van der Waals surface area contributed by atoms with Crippen molar-refractivity contribution in [2.24, 2.45) is 0 Å². The largest absolute Gasteiger partial charge is 0.397 e. The van der Waals surface area contributed by atoms with E-state index in [0.29, 0.717) is 29.9 Å². The summed E-state index contributed by atoms with van der Waals surface area (Å²) in [6, 6.07) is 4.88. The van der Waals surface area contributed by atoms with Crippen molar-refractivity contribution >= 4 is 11.4 Å². The van der Waals surface area contributed by atoms with E-state index in [1.807, 2.05) is 0 Å². The van der Waals surface area contributed by atoms with Gasteiger partial charge in [-0.05, 0) is 37.7 Å². The molecule has 0 fully saturated rings. The number of nitrogen functional groups attached to an aromatic ring is 2. The lowest BCUT2D eigenvalue weighted by molar-refractivity contribution is 0.0141. The van der Waals surface area contributed by atoms with E-state index < -0.39 is 12.2 Å². The zero-order valence-corrected chi connectivity index (χ0v) is 9.35. The fourth-order valence-electron chi connectivity index (χ4n) is 1.45. The topological polar surface area (TPSA) is 105 Å². The van der Waals surface area contributed by atoms with Crippen LogP contribution in [0.3, 0.4) is 0 Å². The van der Waals surface area contributed by atoms with Crippen LogP contribution in [0.25, 0.3) is 0 Å². The van der Waals surface area contributed by atoms with Gasteiger partial charge in [0.15, 0.2) is 0 Å². The van der Waals surface area contributed by atoms with Gasteiger partial charge >= 0.3 is 0 Å². The summed E-state index contributed by atoms with van der Waals surface area (Å²) in [6.45, 7) is 0.642. The predicted octanol–water partition coefficient (Wildman–Crippen LogP) is -0.145. The Hall–Kier alpha value is -1.30. The van der Waals surface area contributed by atoms with Gasteiger partial charge in [0.05, 0.1) is 17.5 Å². The molecule has 0 aliphatic heterocycles. The van der Waals surface area contributed by atoms with Crippen molar-refractivity contribution < 1.29 is 10.2 Å². The molecule has 2 unspecified atom stereocenters. The molecule has 5 nitrogen and oxygen atoms in total. The second-order valence-electron chi connectivity index (χ2n) is 3.79. The summed E-state index contributed by atoms with van der Waals surface area (Å²) in [7, 11) is 1.79. The molecule has 0 saturated heterocycles. The van der Waals surface area contributed by atoms with E-state index in [9.17, 15) is 10.2 Å². The van der Waals surface area contributed by atoms with Gasteiger partial charge in [0.25, 0.3) is 0 Å². The Bertz CT molecular complexity index is 344. The zero-order chi connectivity index (χ0) is 12.1. The van der Waals surface area contributed by atoms with Crippen LogP contribution < -0.4 is 16.8 Å². The molecule has 0 aromatic heterocycles. The van der Waals surface area contributed by atoms with Crippen molar-refractivity contribution in [2.45, 2.75) is 18.6 Å². The Labute approximate surface area is 95.1 Å². The van der Waals surface area contributed by atoms with Gasteiger partial charge in [0.2, 0.25) is 0 Å². The van der Waals surface area contributed by atoms with Crippen molar-refractivity contribution in [1.82, 2.24) is 5.32 Å². The molecule has 0 spiro atoms. The SMILES string of the molecule is CNCCC(O)C(O)c1ccc(N)c(N)c1. The molecule has 0 amide bonds. The molecular formula is C11H19N3O2. The number of anilines is 2. The Kier molecular flexibility index (Phi) is 4.54. The van der Waals surface area contributed by atoms with Gasteiger partial charge in [0, 0.05) is 0 Å². The van der Waals surface area contributed by atoms with E-state index >= 15 is 0 Å². The Balaban J connectivity index is 2.71. The van der Waals surface area contributed by atoms with Gasteiger partial charge in [-0.15, -0.1) is 0 Å². The number of hydrogen-bond donors (Lipinski definition) is 5. The monoisotopic (exact) mass is 225 g/mol. The summed E-state index contributed by atoms with van der Waals surface area (Å²) < 4.78 is 0. The summed E-state index contributed by atoms with van der Waals surface area (Å²) in [5, 5.41) is 22.5. The lowest BCUT2D eigenvalue weighted by Gasteiger charge is -2.18. The van der Waals surface area contributed by atoms with Gasteiger partial charge < -0.3 is 27.0 Å². The number of aliphatic hydroxyl groups excluding tert-OH is 2. The lowest BCUT2D eigenvalue weighted by atomic mass is 10.0. The van der Waals surface area contributed by atoms with Crippen LogP contribution in [0.2, 0.25) is 0 Å². The maximum atomic E-state index is 9.86. The molecule has 0 bridgehead atoms. The van der Waals surface area contributed by atoms with Crippen LogP contribution in [0.4, 0.5) is 11.4 Å². The fraction of sp³-hybridized carbons (Fsp3) is 0.455. The molecule has 0 radical (unpaired) electrons. The van der Waals surface area contributed by atoms with Gasteiger partial charge in [-0.3, -0.25) is 0 Å². The number of rotatable bonds is 5. The highest BCUT2D eigenvalue weighted by molar-refractivity contribution is 5.64. The summed E-state index contributed by atoms with van der Waals surface area (Å²) in [6.07, 6.45) is -1.27. The summed E-state index contributed by atoms with van der Waals surface area (Å²) >= 11 is 0. The first-order valence-corrected chi connectivity index (χ1v) is 5.22. The Morgan fingerprint density at radius 3 is 2.50 bits per heavy atom. The van der Waals surface area contributed by atoms with Crippen LogP contribution in [0.5, 0.6) is 0 Å². The number of nitrogens with two attached hydrogens (primary N) is 2. The summed E-state index contributed by atoms with van der Waals surface area (Å²) in [5.41, 5.74) is 12.7. The Morgan fingerprint density at radius 2 is 1.94 bits per heavy atom. The molecule has 2 atom stereocenters. The third kappa shape index (κ3) is 3.10. The minimum atomic E-state index is -0.934. The molecule has 1 aromatic carbocycles. The third-order valence-electron chi connectivity index (χ3n) is 2.51. The average Bonchev–Trinajstić information content (AvgIpc) is 2.28. The summed E-state index contributed by atoms with van der Waals surface area (Å²) in [5.74, 6) is 0. The molecule has 5 heteroatoms. The predicted molar refractivity (Wildman–Crippen MR) is 64.8 cm³/mol. The van der Waals surface area contributed by atoms with E-state index in [-0.39, 0.29) is 0 Å². The van der Waals surface area contributed by atoms with Gasteiger partial charge in [-0.2, -0.15) is 0 Å². The standard InChI is InChI=1S/C11H19N3O2/c1-14-5-4-10(15)11(16)7-2-3-8(12)9(13)6-7/h2-3,6,10-11,14-16H,4-5,12-13H2,1H3.